The Morgan fingerprint density at radius 3 is 2.26 bits per heavy atom. The number of allylic oxidation sites excluding steroid dienone is 1. The van der Waals surface area contributed by atoms with E-state index < -0.39 is 11.8 Å². The minimum atomic E-state index is -0.995. The van der Waals surface area contributed by atoms with Crippen molar-refractivity contribution in [3.8, 4) is 34.0 Å². The van der Waals surface area contributed by atoms with Gasteiger partial charge >= 0.3 is 5.69 Å². The van der Waals surface area contributed by atoms with Crippen LogP contribution in [0.25, 0.3) is 22.5 Å². The molecule has 7 heteroatoms. The van der Waals surface area contributed by atoms with Crippen LogP contribution >= 0.6 is 0 Å². The quantitative estimate of drug-likeness (QED) is 0.351. The fraction of sp³-hybridized carbons (Fsp3) is 0.179. The highest BCUT2D eigenvalue weighted by Crippen LogP contribution is 2.29. The van der Waals surface area contributed by atoms with E-state index in [-0.39, 0.29) is 13.2 Å². The molecule has 4 aromatic rings. The van der Waals surface area contributed by atoms with Gasteiger partial charge in [-0.05, 0) is 24.1 Å². The molecule has 0 aliphatic heterocycles. The van der Waals surface area contributed by atoms with E-state index in [0.29, 0.717) is 29.3 Å². The number of hydrogen-bond acceptors (Lipinski definition) is 6. The molecule has 7 nitrogen and oxygen atoms in total. The van der Waals surface area contributed by atoms with E-state index in [4.69, 9.17) is 9.47 Å². The summed E-state index contributed by atoms with van der Waals surface area (Å²) in [5, 5.41) is 15.2. The Morgan fingerprint density at radius 2 is 1.63 bits per heavy atom. The lowest BCUT2D eigenvalue weighted by atomic mass is 10.0. The van der Waals surface area contributed by atoms with Crippen LogP contribution < -0.4 is 15.2 Å². The van der Waals surface area contributed by atoms with E-state index in [1.807, 2.05) is 78.9 Å². The van der Waals surface area contributed by atoms with E-state index in [0.717, 1.165) is 16.7 Å². The maximum Gasteiger partial charge on any atom is 0.364 e. The number of aliphatic hydroxyl groups excluding tert-OH is 1. The Labute approximate surface area is 203 Å². The van der Waals surface area contributed by atoms with Gasteiger partial charge < -0.3 is 14.6 Å². The minimum Gasteiger partial charge on any atom is -0.493 e. The van der Waals surface area contributed by atoms with Crippen molar-refractivity contribution >= 4 is 0 Å². The third kappa shape index (κ3) is 5.83. The highest BCUT2D eigenvalue weighted by molar-refractivity contribution is 5.77. The largest absolute Gasteiger partial charge is 0.493 e. The molecule has 3 aromatic carbocycles. The summed E-state index contributed by atoms with van der Waals surface area (Å²) >= 11 is 0. The van der Waals surface area contributed by atoms with E-state index in [1.165, 1.54) is 4.68 Å². The number of methoxy groups -OCH3 is 1. The van der Waals surface area contributed by atoms with Gasteiger partial charge in [-0.1, -0.05) is 72.8 Å². The minimum absolute atomic E-state index is 0.0492. The first-order valence-electron chi connectivity index (χ1n) is 11.3. The van der Waals surface area contributed by atoms with Crippen molar-refractivity contribution in [1.82, 2.24) is 14.8 Å². The van der Waals surface area contributed by atoms with Crippen LogP contribution in [-0.2, 0) is 13.0 Å². The first-order valence-corrected chi connectivity index (χ1v) is 11.3. The van der Waals surface area contributed by atoms with Crippen molar-refractivity contribution < 1.29 is 14.6 Å². The van der Waals surface area contributed by atoms with Crippen LogP contribution in [0, 0.1) is 0 Å². The third-order valence-corrected chi connectivity index (χ3v) is 5.39. The van der Waals surface area contributed by atoms with Gasteiger partial charge in [-0.3, -0.25) is 0 Å². The molecule has 1 aromatic heterocycles. The van der Waals surface area contributed by atoms with Crippen molar-refractivity contribution in [2.45, 2.75) is 19.1 Å². The van der Waals surface area contributed by atoms with E-state index >= 15 is 0 Å². The molecule has 0 bridgehead atoms. The van der Waals surface area contributed by atoms with Crippen LogP contribution in [0.1, 0.15) is 5.56 Å². The monoisotopic (exact) mass is 469 g/mol. The van der Waals surface area contributed by atoms with E-state index in [9.17, 15) is 9.90 Å². The normalized spacial score (nSPS) is 11.6. The number of aromatic nitrogens is 3. The molecule has 0 radical (unpaired) electrons. The van der Waals surface area contributed by atoms with Gasteiger partial charge in [0.2, 0.25) is 0 Å². The molecule has 0 fully saturated rings. The molecular weight excluding hydrogens is 442 g/mol. The molecule has 178 valence electrons. The highest BCUT2D eigenvalue weighted by Gasteiger charge is 2.17. The maximum absolute atomic E-state index is 12.8. The first kappa shape index (κ1) is 23.9. The predicted molar refractivity (Wildman–Crippen MR) is 136 cm³/mol. The number of nitrogens with zero attached hydrogens (tertiary/aromatic N) is 3. The van der Waals surface area contributed by atoms with Gasteiger partial charge in [0.05, 0.1) is 13.7 Å². The molecule has 0 saturated heterocycles. The Hall–Kier alpha value is -4.23. The zero-order chi connectivity index (χ0) is 24.6. The Morgan fingerprint density at radius 1 is 0.971 bits per heavy atom. The summed E-state index contributed by atoms with van der Waals surface area (Å²) in [4.78, 5) is 17.1. The van der Waals surface area contributed by atoms with Crippen LogP contribution in [0.5, 0.6) is 11.5 Å². The second-order valence-corrected chi connectivity index (χ2v) is 7.95. The molecule has 1 heterocycles. The smallest absolute Gasteiger partial charge is 0.364 e. The number of rotatable bonds is 10. The van der Waals surface area contributed by atoms with Crippen LogP contribution in [0.4, 0.5) is 0 Å². The lowest BCUT2D eigenvalue weighted by Crippen LogP contribution is -2.34. The lowest BCUT2D eigenvalue weighted by molar-refractivity contribution is 0.0862. The predicted octanol–water partition coefficient (Wildman–Crippen LogP) is 4.15. The zero-order valence-corrected chi connectivity index (χ0v) is 19.5. The fourth-order valence-electron chi connectivity index (χ4n) is 3.69. The van der Waals surface area contributed by atoms with Crippen molar-refractivity contribution in [1.29, 1.82) is 0 Å². The molecule has 0 spiro atoms. The first-order chi connectivity index (χ1) is 17.1. The molecule has 1 atom stereocenters. The summed E-state index contributed by atoms with van der Waals surface area (Å²) in [5.74, 6) is 1.06. The average Bonchev–Trinajstić information content (AvgIpc) is 2.90. The summed E-state index contributed by atoms with van der Waals surface area (Å²) < 4.78 is 12.4. The second kappa shape index (κ2) is 11.3. The highest BCUT2D eigenvalue weighted by atomic mass is 16.5. The SMILES string of the molecule is C=CCc1ccc(OC[C@H](O)Cn2nc(-c3ccccc3)c(-c3ccccc3)nc2=O)c(OC)c1. The van der Waals surface area contributed by atoms with Crippen LogP contribution in [0.15, 0.2) is 96.3 Å². The topological polar surface area (TPSA) is 86.5 Å². The van der Waals surface area contributed by atoms with Crippen molar-refractivity contribution in [3.05, 3.63) is 108 Å². The maximum atomic E-state index is 12.8. The molecule has 35 heavy (non-hydrogen) atoms. The zero-order valence-electron chi connectivity index (χ0n) is 19.5. The summed E-state index contributed by atoms with van der Waals surface area (Å²) in [6.45, 7) is 3.62. The fourth-order valence-corrected chi connectivity index (χ4v) is 3.69. The summed E-state index contributed by atoms with van der Waals surface area (Å²) in [6, 6.07) is 24.5. The van der Waals surface area contributed by atoms with Crippen molar-refractivity contribution in [2.24, 2.45) is 0 Å². The average molecular weight is 470 g/mol. The van der Waals surface area contributed by atoms with Crippen LogP contribution in [0.2, 0.25) is 0 Å². The number of ether oxygens (including phenoxy) is 2. The molecular formula is C28H27N3O4. The van der Waals surface area contributed by atoms with Gasteiger partial charge in [0.25, 0.3) is 0 Å². The van der Waals surface area contributed by atoms with Crippen molar-refractivity contribution in [3.63, 3.8) is 0 Å². The Bertz CT molecular complexity index is 1340. The molecule has 0 aliphatic rings. The standard InChI is InChI=1S/C28H27N3O4/c1-3-10-20-15-16-24(25(17-20)34-2)35-19-23(32)18-31-28(33)29-26(21-11-6-4-7-12-21)27(30-31)22-13-8-5-9-14-22/h3-9,11-17,23,32H,1,10,18-19H2,2H3/t23-/m1/s1. The second-order valence-electron chi connectivity index (χ2n) is 7.95. The van der Waals surface area contributed by atoms with Gasteiger partial charge in [0.1, 0.15) is 24.1 Å². The molecule has 0 saturated carbocycles. The lowest BCUT2D eigenvalue weighted by Gasteiger charge is -2.16. The summed E-state index contributed by atoms with van der Waals surface area (Å²) in [6.07, 6.45) is 1.53. The van der Waals surface area contributed by atoms with Gasteiger partial charge in [-0.2, -0.15) is 10.1 Å². The van der Waals surface area contributed by atoms with Gasteiger partial charge in [0, 0.05) is 11.1 Å². The Kier molecular flexibility index (Phi) is 7.70. The molecule has 0 unspecified atom stereocenters. The number of aliphatic hydroxyl groups is 1. The van der Waals surface area contributed by atoms with Gasteiger partial charge in [-0.25, -0.2) is 9.48 Å². The number of hydrogen-bond donors (Lipinski definition) is 1. The summed E-state index contributed by atoms with van der Waals surface area (Å²) in [5.41, 5.74) is 3.16. The number of benzene rings is 3. The van der Waals surface area contributed by atoms with Crippen LogP contribution in [0.3, 0.4) is 0 Å². The molecule has 0 amide bonds. The third-order valence-electron chi connectivity index (χ3n) is 5.39. The van der Waals surface area contributed by atoms with Gasteiger partial charge in [0.15, 0.2) is 11.5 Å². The van der Waals surface area contributed by atoms with Crippen molar-refractivity contribution in [2.75, 3.05) is 13.7 Å². The summed E-state index contributed by atoms with van der Waals surface area (Å²) in [7, 11) is 1.56. The molecule has 4 rings (SSSR count). The van der Waals surface area contributed by atoms with E-state index in [2.05, 4.69) is 16.7 Å². The molecule has 1 N–H and O–H groups in total. The van der Waals surface area contributed by atoms with Gasteiger partial charge in [-0.15, -0.1) is 6.58 Å². The molecule has 0 aliphatic carbocycles. The van der Waals surface area contributed by atoms with E-state index in [1.54, 1.807) is 13.2 Å². The van der Waals surface area contributed by atoms with Crippen LogP contribution in [-0.4, -0.2) is 39.7 Å². The Balaban J connectivity index is 1.56.